The minimum atomic E-state index is -1.15. The minimum absolute atomic E-state index is 0.0753. The lowest BCUT2D eigenvalue weighted by atomic mass is 9.46. The second-order valence-corrected chi connectivity index (χ2v) is 27.0. The number of rotatable bonds is 10. The number of carbonyl (C=O) groups is 2. The highest BCUT2D eigenvalue weighted by Gasteiger charge is 2.81. The van der Waals surface area contributed by atoms with Crippen molar-refractivity contribution in [2.24, 2.45) is 45.3 Å². The third-order valence-electron chi connectivity index (χ3n) is 18.2. The van der Waals surface area contributed by atoms with E-state index in [0.29, 0.717) is 54.3 Å². The van der Waals surface area contributed by atoms with Crippen molar-refractivity contribution in [2.45, 2.75) is 195 Å². The summed E-state index contributed by atoms with van der Waals surface area (Å²) in [4.78, 5) is 28.8. The van der Waals surface area contributed by atoms with Gasteiger partial charge in [-0.15, -0.1) is 10.3 Å². The molecule has 2 spiro atoms. The van der Waals surface area contributed by atoms with Crippen LogP contribution in [0.15, 0.2) is 0 Å². The number of likely N-dealkylation sites (tertiary alicyclic amines) is 1. The fourth-order valence-electron chi connectivity index (χ4n) is 14.9. The average Bonchev–Trinajstić information content (AvgIpc) is 3.74. The van der Waals surface area contributed by atoms with Gasteiger partial charge in [-0.3, -0.25) is 9.69 Å². The summed E-state index contributed by atoms with van der Waals surface area (Å²) in [6.45, 7) is 28.5. The standard InChI is InChI=1S/C42H68N2O8.C7H18OS/c1-25(45)49-35(39(7,8)47)30-12-10-28-31(50-30)20-29-27-11-13-32-38(5,6)33(14-15-42(32)24-41(27,42)17-16-40(28,29)9)51-34-23-43(18-19-48-34)26-21-44(22-26)36(46)52-37(2,3)4;1-5-9(6-2,7-3)8-4/h26-35,47H,10-24H2,1-9H3;5-7H2,1-4H3/t27?,28?,29?,30?,31?,32?,33-,34?,35-,40?,41-,42+;/m0./s1. The highest BCUT2D eigenvalue weighted by molar-refractivity contribution is 8.29. The SMILES string of the molecule is CC(=O)O[C@@H](C1CCC2C(CC3C4CCC5C(C)(C)[C@@H](OC6CN(C7CN(C(=O)OC(C)(C)C)C7)CCO6)CC[C@@]56C[C@@]46CCC23C)O1)C(C)(C)O.CCS(CC)(CC)OC. The Hall–Kier alpha value is -1.15. The van der Waals surface area contributed by atoms with Gasteiger partial charge in [0.25, 0.3) is 0 Å². The number of nitrogens with zero attached hydrogens (tertiary/aromatic N) is 2. The van der Waals surface area contributed by atoms with E-state index in [-0.39, 0.29) is 47.5 Å². The van der Waals surface area contributed by atoms with E-state index in [0.717, 1.165) is 44.7 Å². The Labute approximate surface area is 371 Å². The van der Waals surface area contributed by atoms with Crippen molar-refractivity contribution >= 4 is 22.4 Å². The second kappa shape index (κ2) is 17.3. The summed E-state index contributed by atoms with van der Waals surface area (Å²) in [7, 11) is 1.19. The Bertz CT molecular complexity index is 1550. The molecule has 352 valence electrons. The van der Waals surface area contributed by atoms with Crippen LogP contribution in [-0.4, -0.2) is 132 Å². The molecule has 3 saturated heterocycles. The number of aliphatic hydroxyl groups is 1. The first-order valence-electron chi connectivity index (χ1n) is 24.4. The second-order valence-electron chi connectivity index (χ2n) is 23.0. The molecule has 11 nitrogen and oxygen atoms in total. The van der Waals surface area contributed by atoms with Crippen LogP contribution in [0, 0.1) is 45.3 Å². The van der Waals surface area contributed by atoms with Crippen molar-refractivity contribution in [2.75, 3.05) is 57.2 Å². The topological polar surface area (TPSA) is 116 Å². The Morgan fingerprint density at radius 3 is 2.13 bits per heavy atom. The molecule has 12 atom stereocenters. The molecule has 8 fully saturated rings. The van der Waals surface area contributed by atoms with Crippen LogP contribution >= 0.6 is 10.3 Å². The summed E-state index contributed by atoms with van der Waals surface area (Å²) in [5, 5.41) is 10.9. The lowest BCUT2D eigenvalue weighted by molar-refractivity contribution is -0.250. The number of fused-ring (bicyclic) bond motifs is 4. The molecule has 0 aromatic carbocycles. The number of carbonyl (C=O) groups excluding carboxylic acids is 2. The van der Waals surface area contributed by atoms with Crippen LogP contribution in [0.25, 0.3) is 0 Å². The zero-order valence-corrected chi connectivity index (χ0v) is 41.3. The molecular formula is C49H86N2O9S. The predicted molar refractivity (Wildman–Crippen MR) is 241 cm³/mol. The van der Waals surface area contributed by atoms with E-state index in [4.69, 9.17) is 27.9 Å². The van der Waals surface area contributed by atoms with Gasteiger partial charge in [0.15, 0.2) is 12.4 Å². The normalized spacial score (nSPS) is 40.3. The summed E-state index contributed by atoms with van der Waals surface area (Å²) in [6.07, 6.45) is 11.0. The molecular weight excluding hydrogens is 793 g/mol. The third kappa shape index (κ3) is 8.70. The van der Waals surface area contributed by atoms with Crippen LogP contribution in [0.1, 0.15) is 147 Å². The fourth-order valence-corrected chi connectivity index (χ4v) is 16.9. The Morgan fingerprint density at radius 1 is 0.869 bits per heavy atom. The highest BCUT2D eigenvalue weighted by Crippen LogP contribution is 2.87. The Morgan fingerprint density at radius 2 is 1.54 bits per heavy atom. The predicted octanol–water partition coefficient (Wildman–Crippen LogP) is 8.97. The first-order chi connectivity index (χ1) is 28.5. The van der Waals surface area contributed by atoms with Crippen LogP contribution in [0.3, 0.4) is 0 Å². The van der Waals surface area contributed by atoms with Gasteiger partial charge < -0.3 is 37.9 Å². The van der Waals surface area contributed by atoms with Gasteiger partial charge in [-0.1, -0.05) is 41.5 Å². The van der Waals surface area contributed by atoms with Gasteiger partial charge in [0, 0.05) is 39.7 Å². The first kappa shape index (κ1) is 47.8. The van der Waals surface area contributed by atoms with Gasteiger partial charge in [0.1, 0.15) is 5.60 Å². The van der Waals surface area contributed by atoms with Crippen molar-refractivity contribution in [1.29, 1.82) is 0 Å². The largest absolute Gasteiger partial charge is 0.457 e. The molecule has 0 aromatic heterocycles. The zero-order chi connectivity index (χ0) is 44.6. The molecule has 0 bridgehead atoms. The molecule has 1 amide bonds. The fraction of sp³-hybridized carbons (Fsp3) is 0.959. The smallest absolute Gasteiger partial charge is 0.410 e. The first-order valence-corrected chi connectivity index (χ1v) is 26.4. The van der Waals surface area contributed by atoms with Crippen molar-refractivity contribution in [1.82, 2.24) is 9.80 Å². The molecule has 12 heteroatoms. The van der Waals surface area contributed by atoms with Gasteiger partial charge in [-0.05, 0) is 161 Å². The number of amides is 1. The van der Waals surface area contributed by atoms with Gasteiger partial charge in [0.2, 0.25) is 0 Å². The van der Waals surface area contributed by atoms with Gasteiger partial charge in [-0.2, -0.15) is 0 Å². The van der Waals surface area contributed by atoms with Gasteiger partial charge >= 0.3 is 12.1 Å². The van der Waals surface area contributed by atoms with E-state index in [1.165, 1.54) is 62.7 Å². The molecule has 0 radical (unpaired) electrons. The van der Waals surface area contributed by atoms with E-state index in [2.05, 4.69) is 46.4 Å². The number of ether oxygens (including phenoxy) is 5. The van der Waals surface area contributed by atoms with Crippen molar-refractivity contribution in [3.63, 3.8) is 0 Å². The number of hydrogen-bond acceptors (Lipinski definition) is 10. The summed E-state index contributed by atoms with van der Waals surface area (Å²) < 4.78 is 36.9. The number of morpholine rings is 1. The van der Waals surface area contributed by atoms with Crippen LogP contribution in [0.2, 0.25) is 0 Å². The number of hydrogen-bond donors (Lipinski definition) is 1. The van der Waals surface area contributed by atoms with Crippen LogP contribution in [-0.2, 0) is 32.7 Å². The van der Waals surface area contributed by atoms with Crippen molar-refractivity contribution in [3.05, 3.63) is 0 Å². The molecule has 61 heavy (non-hydrogen) atoms. The van der Waals surface area contributed by atoms with E-state index in [1.54, 1.807) is 13.8 Å². The lowest BCUT2D eigenvalue weighted by Crippen LogP contribution is -2.64. The maximum Gasteiger partial charge on any atom is 0.410 e. The monoisotopic (exact) mass is 879 g/mol. The molecule has 8 rings (SSSR count). The molecule has 1 N–H and O–H groups in total. The maximum atomic E-state index is 12.5. The molecule has 3 heterocycles. The molecule has 5 aliphatic carbocycles. The quantitative estimate of drug-likeness (QED) is 0.213. The molecule has 5 saturated carbocycles. The number of esters is 1. The molecule has 8 unspecified atom stereocenters. The Balaban J connectivity index is 0.000000562. The van der Waals surface area contributed by atoms with Gasteiger partial charge in [0.05, 0.1) is 37.1 Å². The summed E-state index contributed by atoms with van der Waals surface area (Å²) in [5.41, 5.74) is -0.389. The zero-order valence-electron chi connectivity index (χ0n) is 40.5. The van der Waals surface area contributed by atoms with Crippen molar-refractivity contribution in [3.8, 4) is 0 Å². The third-order valence-corrected chi connectivity index (χ3v) is 22.1. The molecule has 0 aromatic rings. The average molecular weight is 879 g/mol. The Kier molecular flexibility index (Phi) is 13.5. The maximum absolute atomic E-state index is 12.5. The van der Waals surface area contributed by atoms with Crippen LogP contribution < -0.4 is 0 Å². The summed E-state index contributed by atoms with van der Waals surface area (Å²) in [5.74, 6) is 5.87. The van der Waals surface area contributed by atoms with E-state index >= 15 is 0 Å². The van der Waals surface area contributed by atoms with E-state index in [1.807, 2.05) is 32.8 Å². The summed E-state index contributed by atoms with van der Waals surface area (Å²) in [6, 6.07) is 0.330. The highest BCUT2D eigenvalue weighted by atomic mass is 32.3. The van der Waals surface area contributed by atoms with Gasteiger partial charge in [-0.25, -0.2) is 4.79 Å². The van der Waals surface area contributed by atoms with E-state index in [9.17, 15) is 14.7 Å². The van der Waals surface area contributed by atoms with Crippen LogP contribution in [0.4, 0.5) is 4.79 Å². The summed E-state index contributed by atoms with van der Waals surface area (Å²) >= 11 is 0. The van der Waals surface area contributed by atoms with Crippen molar-refractivity contribution < 1.29 is 42.6 Å². The van der Waals surface area contributed by atoms with E-state index < -0.39 is 27.6 Å². The minimum Gasteiger partial charge on any atom is -0.457 e. The molecule has 3 aliphatic heterocycles. The molecule has 8 aliphatic rings. The van der Waals surface area contributed by atoms with Crippen LogP contribution in [0.5, 0.6) is 0 Å². The lowest BCUT2D eigenvalue weighted by Gasteiger charge is -2.60.